The van der Waals surface area contributed by atoms with Crippen molar-refractivity contribution >= 4 is 46.7 Å². The maximum absolute atomic E-state index is 13.2. The third-order valence-corrected chi connectivity index (χ3v) is 7.00. The van der Waals surface area contributed by atoms with Crippen LogP contribution in [0.2, 0.25) is 0 Å². The number of hydrogen-bond donors (Lipinski definition) is 3. The van der Waals surface area contributed by atoms with Crippen molar-refractivity contribution in [3.8, 4) is 5.75 Å². The van der Waals surface area contributed by atoms with Crippen LogP contribution in [0.3, 0.4) is 0 Å². The van der Waals surface area contributed by atoms with Crippen LogP contribution in [0.4, 0.5) is 10.7 Å². The number of nitrogens with one attached hydrogen (secondary N) is 2. The Bertz CT molecular complexity index is 1770. The summed E-state index contributed by atoms with van der Waals surface area (Å²) in [5, 5.41) is 9.73. The fourth-order valence-corrected chi connectivity index (χ4v) is 4.93. The standard InChI is InChI=1S/C29H30N8O7/c1-4-37-21(12-16(2)34-37)25(39)33-28-32-20-13-17(24(30)38)14-22(43-3)23(20)35(28)11-7-10-31-29(42)44-15-36-26(40)18-8-5-6-9-19(18)27(36)41/h5-6,8-9,12-14H,4,7,10-11,15H2,1-3H3,(H2,30,38)(H,31,42)(H,32,33,39). The van der Waals surface area contributed by atoms with Gasteiger partial charge in [-0.2, -0.15) is 5.10 Å². The van der Waals surface area contributed by atoms with E-state index in [4.69, 9.17) is 15.2 Å². The van der Waals surface area contributed by atoms with E-state index in [1.54, 1.807) is 34.4 Å². The second-order valence-corrected chi connectivity index (χ2v) is 9.86. The maximum atomic E-state index is 13.2. The van der Waals surface area contributed by atoms with Crippen LogP contribution in [-0.4, -0.2) is 74.3 Å². The number of primary amides is 1. The largest absolute Gasteiger partial charge is 0.494 e. The smallest absolute Gasteiger partial charge is 0.408 e. The second kappa shape index (κ2) is 12.2. The van der Waals surface area contributed by atoms with E-state index in [1.165, 1.54) is 31.4 Å². The molecule has 2 aromatic heterocycles. The number of fused-ring (bicyclic) bond motifs is 2. The van der Waals surface area contributed by atoms with Crippen LogP contribution < -0.4 is 21.1 Å². The molecule has 5 amide bonds. The van der Waals surface area contributed by atoms with Crippen LogP contribution in [-0.2, 0) is 17.8 Å². The van der Waals surface area contributed by atoms with Gasteiger partial charge >= 0.3 is 6.09 Å². The van der Waals surface area contributed by atoms with Crippen molar-refractivity contribution in [3.05, 3.63) is 70.5 Å². The zero-order valence-corrected chi connectivity index (χ0v) is 24.2. The number of aromatic nitrogens is 4. The lowest BCUT2D eigenvalue weighted by molar-refractivity contribution is 0.0427. The summed E-state index contributed by atoms with van der Waals surface area (Å²) in [6, 6.07) is 11.0. The lowest BCUT2D eigenvalue weighted by Gasteiger charge is -2.15. The van der Waals surface area contributed by atoms with E-state index < -0.39 is 36.5 Å². The number of nitrogens with zero attached hydrogens (tertiary/aromatic N) is 5. The molecule has 4 aromatic rings. The molecule has 15 heteroatoms. The highest BCUT2D eigenvalue weighted by Gasteiger charge is 2.35. The van der Waals surface area contributed by atoms with Gasteiger partial charge in [-0.15, -0.1) is 0 Å². The second-order valence-electron chi connectivity index (χ2n) is 9.86. The van der Waals surface area contributed by atoms with E-state index in [9.17, 15) is 24.0 Å². The van der Waals surface area contributed by atoms with Gasteiger partial charge in [0.25, 0.3) is 17.7 Å². The van der Waals surface area contributed by atoms with E-state index in [1.807, 2.05) is 6.92 Å². The number of hydrogen-bond acceptors (Lipinski definition) is 9. The van der Waals surface area contributed by atoms with Crippen LogP contribution in [0, 0.1) is 6.92 Å². The van der Waals surface area contributed by atoms with Gasteiger partial charge in [-0.25, -0.2) is 14.7 Å². The minimum absolute atomic E-state index is 0.136. The first-order chi connectivity index (χ1) is 21.1. The summed E-state index contributed by atoms with van der Waals surface area (Å²) in [5.41, 5.74) is 8.07. The van der Waals surface area contributed by atoms with Gasteiger partial charge in [0.05, 0.1) is 29.4 Å². The fourth-order valence-electron chi connectivity index (χ4n) is 4.93. The van der Waals surface area contributed by atoms with Gasteiger partial charge in [-0.05, 0) is 50.6 Å². The van der Waals surface area contributed by atoms with Crippen molar-refractivity contribution in [2.75, 3.05) is 25.7 Å². The predicted octanol–water partition coefficient (Wildman–Crippen LogP) is 2.29. The first-order valence-corrected chi connectivity index (χ1v) is 13.7. The Kier molecular flexibility index (Phi) is 8.28. The average Bonchev–Trinajstić information content (AvgIpc) is 3.64. The molecule has 2 aromatic carbocycles. The van der Waals surface area contributed by atoms with Crippen molar-refractivity contribution in [2.45, 2.75) is 33.4 Å². The summed E-state index contributed by atoms with van der Waals surface area (Å²) >= 11 is 0. The molecule has 0 spiro atoms. The number of rotatable bonds is 11. The van der Waals surface area contributed by atoms with Gasteiger partial charge < -0.3 is 25.1 Å². The summed E-state index contributed by atoms with van der Waals surface area (Å²) in [7, 11) is 1.43. The van der Waals surface area contributed by atoms with Crippen LogP contribution in [0.15, 0.2) is 42.5 Å². The van der Waals surface area contributed by atoms with Crippen molar-refractivity contribution in [1.82, 2.24) is 29.5 Å². The number of methoxy groups -OCH3 is 1. The van der Waals surface area contributed by atoms with E-state index in [0.717, 1.165) is 4.90 Å². The third kappa shape index (κ3) is 5.66. The number of imidazole rings is 1. The zero-order valence-electron chi connectivity index (χ0n) is 24.2. The Morgan fingerprint density at radius 1 is 1.05 bits per heavy atom. The zero-order chi connectivity index (χ0) is 31.5. The number of alkyl carbamates (subject to hydrolysis) is 1. The molecule has 0 bridgehead atoms. The average molecular weight is 603 g/mol. The molecule has 0 unspecified atom stereocenters. The number of imide groups is 1. The highest BCUT2D eigenvalue weighted by Crippen LogP contribution is 2.31. The molecule has 0 saturated carbocycles. The number of nitrogens with two attached hydrogens (primary N) is 1. The lowest BCUT2D eigenvalue weighted by atomic mass is 10.1. The number of aryl methyl sites for hydroxylation is 3. The van der Waals surface area contributed by atoms with Crippen molar-refractivity contribution in [3.63, 3.8) is 0 Å². The van der Waals surface area contributed by atoms with Crippen molar-refractivity contribution < 1.29 is 33.4 Å². The van der Waals surface area contributed by atoms with Gasteiger partial charge in [0, 0.05) is 25.2 Å². The Labute approximate surface area is 250 Å². The van der Waals surface area contributed by atoms with Crippen LogP contribution >= 0.6 is 0 Å². The first kappa shape index (κ1) is 29.8. The minimum atomic E-state index is -0.822. The molecule has 44 heavy (non-hydrogen) atoms. The molecule has 228 valence electrons. The number of ether oxygens (including phenoxy) is 2. The Hall–Kier alpha value is -5.73. The summed E-state index contributed by atoms with van der Waals surface area (Å²) < 4.78 is 13.9. The fraction of sp³-hybridized carbons (Fsp3) is 0.276. The summed E-state index contributed by atoms with van der Waals surface area (Å²) in [6.07, 6.45) is -0.471. The molecule has 0 saturated heterocycles. The number of carbonyl (C=O) groups excluding carboxylic acids is 5. The van der Waals surface area contributed by atoms with Gasteiger partial charge in [0.2, 0.25) is 11.9 Å². The molecule has 1 aliphatic heterocycles. The van der Waals surface area contributed by atoms with E-state index in [2.05, 4.69) is 20.7 Å². The number of anilines is 1. The van der Waals surface area contributed by atoms with Crippen LogP contribution in [0.25, 0.3) is 11.0 Å². The molecule has 5 rings (SSSR count). The normalized spacial score (nSPS) is 12.4. The van der Waals surface area contributed by atoms with Gasteiger partial charge in [0.15, 0.2) is 6.73 Å². The molecule has 1 aliphatic rings. The predicted molar refractivity (Wildman–Crippen MR) is 156 cm³/mol. The molecule has 4 N–H and O–H groups in total. The molecule has 0 radical (unpaired) electrons. The molecule has 3 heterocycles. The summed E-state index contributed by atoms with van der Waals surface area (Å²) in [6.45, 7) is 3.99. The topological polar surface area (TPSA) is 193 Å². The SMILES string of the molecule is CCn1nc(C)cc1C(=O)Nc1nc2cc(C(N)=O)cc(OC)c2n1CCCNC(=O)OCN1C(=O)c2ccccc2C1=O. The summed E-state index contributed by atoms with van der Waals surface area (Å²) in [5.74, 6) is -1.69. The minimum Gasteiger partial charge on any atom is -0.494 e. The monoisotopic (exact) mass is 602 g/mol. The molecule has 0 fully saturated rings. The molecular formula is C29H30N8O7. The van der Waals surface area contributed by atoms with Gasteiger partial charge in [0.1, 0.15) is 17.0 Å². The lowest BCUT2D eigenvalue weighted by Crippen LogP contribution is -2.36. The molecule has 0 aliphatic carbocycles. The highest BCUT2D eigenvalue weighted by molar-refractivity contribution is 6.21. The van der Waals surface area contributed by atoms with E-state index >= 15 is 0 Å². The van der Waals surface area contributed by atoms with Crippen LogP contribution in [0.5, 0.6) is 5.75 Å². The Morgan fingerprint density at radius 3 is 2.39 bits per heavy atom. The molecule has 0 atom stereocenters. The van der Waals surface area contributed by atoms with Gasteiger partial charge in [-0.1, -0.05) is 12.1 Å². The van der Waals surface area contributed by atoms with Crippen LogP contribution in [0.1, 0.15) is 60.6 Å². The highest BCUT2D eigenvalue weighted by atomic mass is 16.6. The third-order valence-electron chi connectivity index (χ3n) is 7.00. The number of benzene rings is 2. The van der Waals surface area contributed by atoms with Crippen molar-refractivity contribution in [1.29, 1.82) is 0 Å². The Morgan fingerprint density at radius 2 is 1.75 bits per heavy atom. The molecule has 15 nitrogen and oxygen atoms in total. The number of amides is 5. The maximum Gasteiger partial charge on any atom is 0.408 e. The van der Waals surface area contributed by atoms with E-state index in [0.29, 0.717) is 41.1 Å². The van der Waals surface area contributed by atoms with E-state index in [-0.39, 0.29) is 35.7 Å². The molecular weight excluding hydrogens is 572 g/mol. The van der Waals surface area contributed by atoms with Gasteiger partial charge in [-0.3, -0.25) is 29.2 Å². The Balaban J connectivity index is 1.28. The first-order valence-electron chi connectivity index (χ1n) is 13.7. The number of carbonyl (C=O) groups is 5. The quantitative estimate of drug-likeness (QED) is 0.171. The summed E-state index contributed by atoms with van der Waals surface area (Å²) in [4.78, 5) is 67.9. The van der Waals surface area contributed by atoms with Crippen molar-refractivity contribution in [2.24, 2.45) is 5.73 Å².